The summed E-state index contributed by atoms with van der Waals surface area (Å²) < 4.78 is 10.4. The summed E-state index contributed by atoms with van der Waals surface area (Å²) in [6, 6.07) is 4.02. The first-order chi connectivity index (χ1) is 9.06. The summed E-state index contributed by atoms with van der Waals surface area (Å²) in [5, 5.41) is 0. The second-order valence-electron chi connectivity index (χ2n) is 4.85. The van der Waals surface area contributed by atoms with Gasteiger partial charge in [-0.2, -0.15) is 0 Å². The molecule has 0 bridgehead atoms. The van der Waals surface area contributed by atoms with Crippen molar-refractivity contribution in [2.45, 2.75) is 46.0 Å². The van der Waals surface area contributed by atoms with Crippen LogP contribution < -0.4 is 4.74 Å². The first-order valence-corrected chi connectivity index (χ1v) is 6.78. The number of methoxy groups -OCH3 is 2. The molecule has 0 aliphatic heterocycles. The van der Waals surface area contributed by atoms with Gasteiger partial charge < -0.3 is 9.47 Å². The highest BCUT2D eigenvalue weighted by atomic mass is 16.5. The molecule has 0 aliphatic carbocycles. The van der Waals surface area contributed by atoms with Gasteiger partial charge in [0, 0.05) is 5.56 Å². The monoisotopic (exact) mass is 264 g/mol. The Kier molecular flexibility index (Phi) is 5.87. The minimum atomic E-state index is -0.237. The number of aryl methyl sites for hydroxylation is 1. The van der Waals surface area contributed by atoms with Crippen LogP contribution in [0.5, 0.6) is 5.75 Å². The number of unbranched alkanes of at least 4 members (excludes halogenated alkanes) is 1. The van der Waals surface area contributed by atoms with Crippen LogP contribution >= 0.6 is 0 Å². The Morgan fingerprint density at radius 2 is 1.95 bits per heavy atom. The van der Waals surface area contributed by atoms with Gasteiger partial charge in [-0.05, 0) is 31.4 Å². The van der Waals surface area contributed by atoms with E-state index in [9.17, 15) is 4.79 Å². The topological polar surface area (TPSA) is 35.5 Å². The predicted octanol–water partition coefficient (Wildman–Crippen LogP) is 3.76. The van der Waals surface area contributed by atoms with E-state index in [0.29, 0.717) is 0 Å². The van der Waals surface area contributed by atoms with E-state index < -0.39 is 0 Å². The van der Waals surface area contributed by atoms with Gasteiger partial charge in [-0.15, -0.1) is 0 Å². The highest BCUT2D eigenvalue weighted by molar-refractivity contribution is 5.79. The van der Waals surface area contributed by atoms with Gasteiger partial charge in [0.1, 0.15) is 5.75 Å². The number of carbonyl (C=O) groups excluding carboxylic acids is 1. The minimum absolute atomic E-state index is 0.185. The lowest BCUT2D eigenvalue weighted by atomic mass is 9.90. The third-order valence-electron chi connectivity index (χ3n) is 3.62. The molecule has 0 aliphatic rings. The van der Waals surface area contributed by atoms with Crippen molar-refractivity contribution in [1.29, 1.82) is 0 Å². The van der Waals surface area contributed by atoms with Crippen LogP contribution in [0.2, 0.25) is 0 Å². The highest BCUT2D eigenvalue weighted by Gasteiger charge is 2.25. The number of rotatable bonds is 6. The summed E-state index contributed by atoms with van der Waals surface area (Å²) in [5.41, 5.74) is 3.19. The molecule has 1 rings (SSSR count). The van der Waals surface area contributed by atoms with Crippen LogP contribution in [0.15, 0.2) is 12.1 Å². The number of hydrogen-bond acceptors (Lipinski definition) is 3. The third-order valence-corrected chi connectivity index (χ3v) is 3.62. The average molecular weight is 264 g/mol. The second-order valence-corrected chi connectivity index (χ2v) is 4.85. The number of esters is 1. The van der Waals surface area contributed by atoms with Crippen molar-refractivity contribution in [3.8, 4) is 5.75 Å². The zero-order chi connectivity index (χ0) is 14.4. The fourth-order valence-electron chi connectivity index (χ4n) is 2.31. The largest absolute Gasteiger partial charge is 0.496 e. The average Bonchev–Trinajstić information content (AvgIpc) is 2.42. The van der Waals surface area contributed by atoms with Gasteiger partial charge in [0.05, 0.1) is 20.1 Å². The third kappa shape index (κ3) is 3.49. The van der Waals surface area contributed by atoms with Crippen LogP contribution in [0, 0.1) is 13.8 Å². The Labute approximate surface area is 115 Å². The summed E-state index contributed by atoms with van der Waals surface area (Å²) in [5.74, 6) is 0.390. The fourth-order valence-corrected chi connectivity index (χ4v) is 2.31. The molecular weight excluding hydrogens is 240 g/mol. The minimum Gasteiger partial charge on any atom is -0.496 e. The molecule has 0 spiro atoms. The molecule has 0 amide bonds. The smallest absolute Gasteiger partial charge is 0.313 e. The van der Waals surface area contributed by atoms with E-state index in [1.54, 1.807) is 7.11 Å². The number of ether oxygens (including phenoxy) is 2. The Hall–Kier alpha value is -1.51. The van der Waals surface area contributed by atoms with E-state index in [0.717, 1.165) is 36.1 Å². The molecular formula is C16H24O3. The molecule has 0 heterocycles. The van der Waals surface area contributed by atoms with Gasteiger partial charge in [0.15, 0.2) is 0 Å². The zero-order valence-electron chi connectivity index (χ0n) is 12.6. The van der Waals surface area contributed by atoms with Gasteiger partial charge >= 0.3 is 5.97 Å². The Morgan fingerprint density at radius 3 is 2.47 bits per heavy atom. The Balaban J connectivity index is 3.21. The molecule has 19 heavy (non-hydrogen) atoms. The fraction of sp³-hybridized carbons (Fsp3) is 0.562. The Bertz CT molecular complexity index is 438. The van der Waals surface area contributed by atoms with Gasteiger partial charge in [-0.1, -0.05) is 31.9 Å². The molecule has 3 nitrogen and oxygen atoms in total. The normalized spacial score (nSPS) is 12.1. The molecule has 0 aromatic heterocycles. The second kappa shape index (κ2) is 7.17. The maximum Gasteiger partial charge on any atom is 0.313 e. The molecule has 1 unspecified atom stereocenters. The summed E-state index contributed by atoms with van der Waals surface area (Å²) in [7, 11) is 3.09. The lowest BCUT2D eigenvalue weighted by Gasteiger charge is -2.20. The SMILES string of the molecule is CCCCC(C(=O)OC)c1ccc(C)c(C)c1OC. The molecule has 0 radical (unpaired) electrons. The predicted molar refractivity (Wildman–Crippen MR) is 76.8 cm³/mol. The van der Waals surface area contributed by atoms with Gasteiger partial charge in [-0.25, -0.2) is 0 Å². The molecule has 3 heteroatoms. The van der Waals surface area contributed by atoms with Gasteiger partial charge in [0.25, 0.3) is 0 Å². The van der Waals surface area contributed by atoms with Crippen LogP contribution in [0.3, 0.4) is 0 Å². The summed E-state index contributed by atoms with van der Waals surface area (Å²) in [6.07, 6.45) is 2.85. The molecule has 0 saturated heterocycles. The van der Waals surface area contributed by atoms with Crippen molar-refractivity contribution < 1.29 is 14.3 Å². The summed E-state index contributed by atoms with van der Waals surface area (Å²) in [6.45, 7) is 6.18. The summed E-state index contributed by atoms with van der Waals surface area (Å²) in [4.78, 5) is 12.0. The molecule has 1 aromatic rings. The van der Waals surface area contributed by atoms with Crippen molar-refractivity contribution in [2.24, 2.45) is 0 Å². The van der Waals surface area contributed by atoms with Crippen molar-refractivity contribution in [3.63, 3.8) is 0 Å². The lowest BCUT2D eigenvalue weighted by Crippen LogP contribution is -2.16. The van der Waals surface area contributed by atoms with Gasteiger partial charge in [0.2, 0.25) is 0 Å². The first-order valence-electron chi connectivity index (χ1n) is 6.78. The van der Waals surface area contributed by atoms with E-state index in [4.69, 9.17) is 9.47 Å². The Morgan fingerprint density at radius 1 is 1.26 bits per heavy atom. The molecule has 1 atom stereocenters. The lowest BCUT2D eigenvalue weighted by molar-refractivity contribution is -0.142. The number of hydrogen-bond donors (Lipinski definition) is 0. The van der Waals surface area contributed by atoms with E-state index in [-0.39, 0.29) is 11.9 Å². The molecule has 0 N–H and O–H groups in total. The molecule has 1 aromatic carbocycles. The van der Waals surface area contributed by atoms with Crippen LogP contribution in [0.4, 0.5) is 0 Å². The van der Waals surface area contributed by atoms with Crippen molar-refractivity contribution in [3.05, 3.63) is 28.8 Å². The first kappa shape index (κ1) is 15.5. The number of benzene rings is 1. The zero-order valence-corrected chi connectivity index (χ0v) is 12.6. The maximum atomic E-state index is 12.0. The summed E-state index contributed by atoms with van der Waals surface area (Å²) >= 11 is 0. The van der Waals surface area contributed by atoms with Crippen LogP contribution in [0.25, 0.3) is 0 Å². The molecule has 106 valence electrons. The van der Waals surface area contributed by atoms with Crippen molar-refractivity contribution >= 4 is 5.97 Å². The van der Waals surface area contributed by atoms with E-state index in [1.165, 1.54) is 12.7 Å². The standard InChI is InChI=1S/C16H24O3/c1-6-7-8-14(16(17)19-5)13-10-9-11(2)12(3)15(13)18-4/h9-10,14H,6-8H2,1-5H3. The van der Waals surface area contributed by atoms with Crippen LogP contribution in [-0.2, 0) is 9.53 Å². The van der Waals surface area contributed by atoms with E-state index in [2.05, 4.69) is 6.92 Å². The van der Waals surface area contributed by atoms with E-state index in [1.807, 2.05) is 26.0 Å². The number of carbonyl (C=O) groups is 1. The van der Waals surface area contributed by atoms with Crippen molar-refractivity contribution in [1.82, 2.24) is 0 Å². The highest BCUT2D eigenvalue weighted by Crippen LogP contribution is 2.35. The molecule has 0 saturated carbocycles. The van der Waals surface area contributed by atoms with E-state index >= 15 is 0 Å². The quantitative estimate of drug-likeness (QED) is 0.734. The van der Waals surface area contributed by atoms with Crippen molar-refractivity contribution in [2.75, 3.05) is 14.2 Å². The van der Waals surface area contributed by atoms with Crippen LogP contribution in [0.1, 0.15) is 48.8 Å². The molecule has 0 fully saturated rings. The van der Waals surface area contributed by atoms with Crippen LogP contribution in [-0.4, -0.2) is 20.2 Å². The maximum absolute atomic E-state index is 12.0. The van der Waals surface area contributed by atoms with Gasteiger partial charge in [-0.3, -0.25) is 4.79 Å².